The monoisotopic (exact) mass is 393 g/mol. The Morgan fingerprint density at radius 1 is 1.07 bits per heavy atom. The highest BCUT2D eigenvalue weighted by Gasteiger charge is 2.18. The Balaban J connectivity index is 3.09. The van der Waals surface area contributed by atoms with Crippen molar-refractivity contribution >= 4 is 12.4 Å². The van der Waals surface area contributed by atoms with E-state index in [2.05, 4.69) is 0 Å². The van der Waals surface area contributed by atoms with Gasteiger partial charge in [-0.15, -0.1) is 0 Å². The predicted molar refractivity (Wildman–Crippen MR) is 110 cm³/mol. The number of hydrogen-bond acceptors (Lipinski definition) is 5. The van der Waals surface area contributed by atoms with Crippen molar-refractivity contribution < 1.29 is 23.8 Å². The molecule has 1 rings (SSSR count). The topological polar surface area (TPSA) is 65.1 Å². The number of hydrogen-bond donors (Lipinski definition) is 0. The number of rotatable bonds is 13. The highest BCUT2D eigenvalue weighted by molar-refractivity contribution is 5.76. The summed E-state index contributed by atoms with van der Waals surface area (Å²) in [4.78, 5) is 25.0. The molecule has 6 heteroatoms. The zero-order valence-corrected chi connectivity index (χ0v) is 18.1. The molecule has 0 aliphatic carbocycles. The van der Waals surface area contributed by atoms with Crippen LogP contribution in [0.25, 0.3) is 0 Å². The molecule has 0 aromatic heterocycles. The van der Waals surface area contributed by atoms with E-state index in [1.165, 1.54) is 0 Å². The van der Waals surface area contributed by atoms with Crippen LogP contribution in [-0.2, 0) is 16.0 Å². The maximum absolute atomic E-state index is 12.3. The molecular weight excluding hydrogens is 358 g/mol. The van der Waals surface area contributed by atoms with Crippen molar-refractivity contribution in [3.8, 4) is 17.2 Å². The molecule has 0 saturated carbocycles. The van der Waals surface area contributed by atoms with Gasteiger partial charge in [0.25, 0.3) is 6.47 Å². The van der Waals surface area contributed by atoms with Gasteiger partial charge >= 0.3 is 0 Å². The van der Waals surface area contributed by atoms with Crippen LogP contribution in [0.3, 0.4) is 0 Å². The summed E-state index contributed by atoms with van der Waals surface area (Å²) in [7, 11) is 1.82. The first-order chi connectivity index (χ1) is 13.3. The third-order valence-corrected chi connectivity index (χ3v) is 4.00. The zero-order chi connectivity index (χ0) is 21.1. The lowest BCUT2D eigenvalue weighted by Gasteiger charge is -2.19. The lowest BCUT2D eigenvalue weighted by atomic mass is 10.1. The molecule has 1 amide bonds. The van der Waals surface area contributed by atoms with Crippen LogP contribution in [0.4, 0.5) is 0 Å². The summed E-state index contributed by atoms with van der Waals surface area (Å²) in [6.45, 7) is 12.3. The number of aryl methyl sites for hydroxylation is 1. The van der Waals surface area contributed by atoms with Crippen molar-refractivity contribution in [1.29, 1.82) is 0 Å². The Kier molecular flexibility index (Phi) is 10.4. The molecule has 0 unspecified atom stereocenters. The first kappa shape index (κ1) is 23.8. The van der Waals surface area contributed by atoms with Crippen LogP contribution < -0.4 is 14.2 Å². The third-order valence-electron chi connectivity index (χ3n) is 4.00. The zero-order valence-electron chi connectivity index (χ0n) is 18.1. The van der Waals surface area contributed by atoms with E-state index in [0.717, 1.165) is 18.5 Å². The first-order valence-electron chi connectivity index (χ1n) is 10.0. The van der Waals surface area contributed by atoms with Gasteiger partial charge in [0.05, 0.1) is 13.2 Å². The summed E-state index contributed by atoms with van der Waals surface area (Å²) in [5, 5.41) is 0. The summed E-state index contributed by atoms with van der Waals surface area (Å²) in [5.74, 6) is 1.95. The lowest BCUT2D eigenvalue weighted by Crippen LogP contribution is -2.27. The normalized spacial score (nSPS) is 10.9. The largest absolute Gasteiger partial charge is 0.489 e. The second kappa shape index (κ2) is 12.3. The van der Waals surface area contributed by atoms with Gasteiger partial charge in [-0.2, -0.15) is 0 Å². The average molecular weight is 394 g/mol. The number of nitrogens with zero attached hydrogens (tertiary/aromatic N) is 1. The highest BCUT2D eigenvalue weighted by atomic mass is 16.6. The summed E-state index contributed by atoms with van der Waals surface area (Å²) in [6, 6.07) is 3.66. The van der Waals surface area contributed by atoms with Crippen molar-refractivity contribution in [3.05, 3.63) is 17.7 Å². The standard InChI is InChI=1S/C22H35NO5/c1-7-10-23(6)21(25)9-8-18-11-19(26-13-16(2)3)22(28-15-24)20(12-18)27-14-17(4)5/h11-12,15-17H,7-10,13-14H2,1-6H3. The van der Waals surface area contributed by atoms with Gasteiger partial charge in [-0.25, -0.2) is 0 Å². The molecule has 28 heavy (non-hydrogen) atoms. The Labute approximate surface area is 169 Å². The molecule has 0 fully saturated rings. The van der Waals surface area contributed by atoms with Crippen LogP contribution in [0.2, 0.25) is 0 Å². The molecular formula is C22H35NO5. The average Bonchev–Trinajstić information content (AvgIpc) is 2.64. The van der Waals surface area contributed by atoms with Gasteiger partial charge in [0.15, 0.2) is 11.5 Å². The van der Waals surface area contributed by atoms with Crippen LogP contribution in [0, 0.1) is 11.8 Å². The van der Waals surface area contributed by atoms with Crippen molar-refractivity contribution in [2.24, 2.45) is 11.8 Å². The minimum atomic E-state index is 0.101. The quantitative estimate of drug-likeness (QED) is 0.472. The first-order valence-corrected chi connectivity index (χ1v) is 10.0. The number of ether oxygens (including phenoxy) is 3. The van der Waals surface area contributed by atoms with Gasteiger partial charge in [-0.05, 0) is 42.4 Å². The maximum atomic E-state index is 12.3. The number of amides is 1. The molecule has 0 N–H and O–H groups in total. The molecule has 0 aliphatic rings. The Morgan fingerprint density at radius 2 is 1.61 bits per heavy atom. The van der Waals surface area contributed by atoms with Crippen molar-refractivity contribution in [2.45, 2.75) is 53.9 Å². The molecule has 1 aromatic rings. The van der Waals surface area contributed by atoms with Crippen LogP contribution in [0.15, 0.2) is 12.1 Å². The van der Waals surface area contributed by atoms with Gasteiger partial charge in [0, 0.05) is 20.0 Å². The second-order valence-electron chi connectivity index (χ2n) is 7.86. The molecule has 0 radical (unpaired) electrons. The van der Waals surface area contributed by atoms with Gasteiger partial charge < -0.3 is 19.1 Å². The fourth-order valence-corrected chi connectivity index (χ4v) is 2.57. The van der Waals surface area contributed by atoms with Crippen molar-refractivity contribution in [3.63, 3.8) is 0 Å². The fraction of sp³-hybridized carbons (Fsp3) is 0.636. The predicted octanol–water partition coefficient (Wildman–Crippen LogP) is 4.09. The van der Waals surface area contributed by atoms with Crippen molar-refractivity contribution in [2.75, 3.05) is 26.8 Å². The maximum Gasteiger partial charge on any atom is 0.298 e. The Morgan fingerprint density at radius 3 is 2.04 bits per heavy atom. The number of carbonyl (C=O) groups excluding carboxylic acids is 2. The smallest absolute Gasteiger partial charge is 0.298 e. The second-order valence-corrected chi connectivity index (χ2v) is 7.86. The van der Waals surface area contributed by atoms with E-state index >= 15 is 0 Å². The van der Waals surface area contributed by atoms with E-state index in [-0.39, 0.29) is 11.7 Å². The molecule has 0 spiro atoms. The van der Waals surface area contributed by atoms with Gasteiger partial charge in [0.2, 0.25) is 11.7 Å². The summed E-state index contributed by atoms with van der Waals surface area (Å²) >= 11 is 0. The van der Waals surface area contributed by atoms with Crippen molar-refractivity contribution in [1.82, 2.24) is 4.90 Å². The fourth-order valence-electron chi connectivity index (χ4n) is 2.57. The molecule has 158 valence electrons. The van der Waals surface area contributed by atoms with Crippen LogP contribution >= 0.6 is 0 Å². The van der Waals surface area contributed by atoms with E-state index in [9.17, 15) is 9.59 Å². The molecule has 0 bridgehead atoms. The SMILES string of the molecule is CCCN(C)C(=O)CCc1cc(OCC(C)C)c(OC=O)c(OCC(C)C)c1. The van der Waals surface area contributed by atoms with Gasteiger partial charge in [-0.3, -0.25) is 9.59 Å². The van der Waals surface area contributed by atoms with Gasteiger partial charge in [-0.1, -0.05) is 34.6 Å². The molecule has 6 nitrogen and oxygen atoms in total. The minimum Gasteiger partial charge on any atom is -0.489 e. The summed E-state index contributed by atoms with van der Waals surface area (Å²) < 4.78 is 16.9. The Bertz CT molecular complexity index is 594. The minimum absolute atomic E-state index is 0.101. The van der Waals surface area contributed by atoms with E-state index in [1.807, 2.05) is 53.8 Å². The van der Waals surface area contributed by atoms with Crippen LogP contribution in [0.1, 0.15) is 53.0 Å². The third kappa shape index (κ3) is 8.19. The summed E-state index contributed by atoms with van der Waals surface area (Å²) in [5.41, 5.74) is 0.911. The van der Waals surface area contributed by atoms with Crippen LogP contribution in [0.5, 0.6) is 17.2 Å². The molecule has 0 heterocycles. The van der Waals surface area contributed by atoms with E-state index in [0.29, 0.717) is 55.9 Å². The molecule has 0 saturated heterocycles. The van der Waals surface area contributed by atoms with E-state index in [1.54, 1.807) is 4.90 Å². The van der Waals surface area contributed by atoms with E-state index < -0.39 is 0 Å². The molecule has 1 aromatic carbocycles. The highest BCUT2D eigenvalue weighted by Crippen LogP contribution is 2.39. The number of benzene rings is 1. The summed E-state index contributed by atoms with van der Waals surface area (Å²) in [6.07, 6.45) is 1.89. The lowest BCUT2D eigenvalue weighted by molar-refractivity contribution is -0.129. The molecule has 0 atom stereocenters. The van der Waals surface area contributed by atoms with Crippen LogP contribution in [-0.4, -0.2) is 44.1 Å². The molecule has 0 aliphatic heterocycles. The van der Waals surface area contributed by atoms with Gasteiger partial charge in [0.1, 0.15) is 0 Å². The number of carbonyl (C=O) groups is 2. The Hall–Kier alpha value is -2.24. The van der Waals surface area contributed by atoms with E-state index in [4.69, 9.17) is 14.2 Å².